The van der Waals surface area contributed by atoms with E-state index < -0.39 is 0 Å². The third kappa shape index (κ3) is 1.01. The summed E-state index contributed by atoms with van der Waals surface area (Å²) in [6, 6.07) is 0. The summed E-state index contributed by atoms with van der Waals surface area (Å²) in [5.41, 5.74) is 0. The average Bonchev–Trinajstić information content (AvgIpc) is 1.87. The Bertz CT molecular complexity index is 82.2. The minimum Gasteiger partial charge on any atom is -0.304 e. The molecule has 0 aromatic carbocycles. The Balaban J connectivity index is 2.42. The molecule has 1 aliphatic rings. The van der Waals surface area contributed by atoms with E-state index in [-0.39, 0.29) is 0 Å². The van der Waals surface area contributed by atoms with Crippen LogP contribution in [0.15, 0.2) is 12.4 Å². The van der Waals surface area contributed by atoms with Gasteiger partial charge in [-0.2, -0.15) is 0 Å². The lowest BCUT2D eigenvalue weighted by atomic mass is 11.0. The summed E-state index contributed by atoms with van der Waals surface area (Å²) in [6.07, 6.45) is 3.55. The van der Waals surface area contributed by atoms with E-state index in [4.69, 9.17) is 5.84 Å². The van der Waals surface area contributed by atoms with Gasteiger partial charge in [-0.05, 0) is 0 Å². The van der Waals surface area contributed by atoms with E-state index in [0.717, 1.165) is 0 Å². The number of rotatable bonds is 0. The molecule has 0 aliphatic carbocycles. The van der Waals surface area contributed by atoms with E-state index in [2.05, 4.69) is 12.8 Å². The summed E-state index contributed by atoms with van der Waals surface area (Å²) < 4.78 is 1.69. The molecule has 0 aromatic heterocycles. The van der Waals surface area contributed by atoms with E-state index in [1.54, 1.807) is 21.7 Å². The SMILES string of the molecule is NN1C=CN(S)C1. The van der Waals surface area contributed by atoms with E-state index in [0.29, 0.717) is 6.67 Å². The van der Waals surface area contributed by atoms with Crippen molar-refractivity contribution in [3.63, 3.8) is 0 Å². The van der Waals surface area contributed by atoms with E-state index in [9.17, 15) is 0 Å². The average molecular weight is 117 g/mol. The number of hydrogen-bond donors (Lipinski definition) is 2. The maximum atomic E-state index is 5.28. The molecule has 0 radical (unpaired) electrons. The van der Waals surface area contributed by atoms with Crippen LogP contribution >= 0.6 is 12.8 Å². The number of thiol groups is 1. The van der Waals surface area contributed by atoms with Crippen molar-refractivity contribution >= 4 is 12.8 Å². The molecule has 2 N–H and O–H groups in total. The quantitative estimate of drug-likeness (QED) is 0.339. The van der Waals surface area contributed by atoms with Gasteiger partial charge in [0.2, 0.25) is 0 Å². The van der Waals surface area contributed by atoms with Gasteiger partial charge >= 0.3 is 0 Å². The molecule has 3 nitrogen and oxygen atoms in total. The van der Waals surface area contributed by atoms with Gasteiger partial charge in [0.25, 0.3) is 0 Å². The number of nitrogens with two attached hydrogens (primary N) is 1. The third-order valence-corrected chi connectivity index (χ3v) is 0.998. The van der Waals surface area contributed by atoms with Crippen molar-refractivity contribution in [1.82, 2.24) is 9.31 Å². The van der Waals surface area contributed by atoms with E-state index in [1.807, 2.05) is 0 Å². The molecule has 40 valence electrons. The molecule has 0 fully saturated rings. The van der Waals surface area contributed by atoms with E-state index in [1.165, 1.54) is 0 Å². The topological polar surface area (TPSA) is 32.5 Å². The van der Waals surface area contributed by atoms with E-state index >= 15 is 0 Å². The summed E-state index contributed by atoms with van der Waals surface area (Å²) in [7, 11) is 0. The molecular formula is C3H7N3S. The molecule has 0 unspecified atom stereocenters. The van der Waals surface area contributed by atoms with Crippen LogP contribution in [0.1, 0.15) is 0 Å². The fourth-order valence-electron chi connectivity index (χ4n) is 0.424. The fourth-order valence-corrected chi connectivity index (χ4v) is 0.630. The predicted molar refractivity (Wildman–Crippen MR) is 30.9 cm³/mol. The van der Waals surface area contributed by atoms with Gasteiger partial charge < -0.3 is 4.31 Å². The molecule has 0 saturated heterocycles. The lowest BCUT2D eigenvalue weighted by Gasteiger charge is -2.08. The van der Waals surface area contributed by atoms with Crippen molar-refractivity contribution in [2.75, 3.05) is 6.67 Å². The third-order valence-electron chi connectivity index (χ3n) is 0.738. The number of hydrazine groups is 1. The van der Waals surface area contributed by atoms with Gasteiger partial charge in [-0.3, -0.25) is 5.01 Å². The minimum absolute atomic E-state index is 0.670. The molecule has 1 aliphatic heterocycles. The van der Waals surface area contributed by atoms with Crippen LogP contribution in [-0.2, 0) is 0 Å². The highest BCUT2D eigenvalue weighted by Crippen LogP contribution is 2.02. The highest BCUT2D eigenvalue weighted by Gasteiger charge is 2.01. The summed E-state index contributed by atoms with van der Waals surface area (Å²) >= 11 is 3.98. The van der Waals surface area contributed by atoms with Gasteiger partial charge in [0.05, 0.1) is 0 Å². The Morgan fingerprint density at radius 2 is 2.29 bits per heavy atom. The van der Waals surface area contributed by atoms with Gasteiger partial charge in [-0.15, -0.1) is 0 Å². The van der Waals surface area contributed by atoms with Crippen LogP contribution in [-0.4, -0.2) is 16.0 Å². The van der Waals surface area contributed by atoms with Gasteiger partial charge in [0, 0.05) is 12.4 Å². The van der Waals surface area contributed by atoms with Gasteiger partial charge in [0.15, 0.2) is 0 Å². The maximum Gasteiger partial charge on any atom is 0.114 e. The lowest BCUT2D eigenvalue weighted by Crippen LogP contribution is -2.26. The fraction of sp³-hybridized carbons (Fsp3) is 0.333. The van der Waals surface area contributed by atoms with Crippen molar-refractivity contribution in [2.45, 2.75) is 0 Å². The Hall–Kier alpha value is -0.350. The van der Waals surface area contributed by atoms with Crippen molar-refractivity contribution in [3.8, 4) is 0 Å². The minimum atomic E-state index is 0.670. The summed E-state index contributed by atoms with van der Waals surface area (Å²) in [5.74, 6) is 5.28. The zero-order valence-electron chi connectivity index (χ0n) is 3.78. The van der Waals surface area contributed by atoms with Gasteiger partial charge in [-0.1, -0.05) is 12.8 Å². The molecule has 4 heteroatoms. The van der Waals surface area contributed by atoms with Crippen LogP contribution < -0.4 is 5.84 Å². The zero-order chi connectivity index (χ0) is 5.28. The molecule has 0 atom stereocenters. The largest absolute Gasteiger partial charge is 0.304 e. The molecule has 1 rings (SSSR count). The van der Waals surface area contributed by atoms with Crippen LogP contribution in [0.4, 0.5) is 0 Å². The van der Waals surface area contributed by atoms with Crippen molar-refractivity contribution in [2.24, 2.45) is 5.84 Å². The smallest absolute Gasteiger partial charge is 0.114 e. The first-order valence-electron chi connectivity index (χ1n) is 1.94. The summed E-state index contributed by atoms with van der Waals surface area (Å²) in [6.45, 7) is 0.670. The molecule has 0 aromatic rings. The second kappa shape index (κ2) is 1.63. The normalized spacial score (nSPS) is 19.1. The van der Waals surface area contributed by atoms with Crippen LogP contribution in [0.25, 0.3) is 0 Å². The lowest BCUT2D eigenvalue weighted by molar-refractivity contribution is 0.362. The van der Waals surface area contributed by atoms with Gasteiger partial charge in [0.1, 0.15) is 6.67 Å². The second-order valence-electron chi connectivity index (χ2n) is 1.39. The van der Waals surface area contributed by atoms with Crippen LogP contribution in [0.3, 0.4) is 0 Å². The summed E-state index contributed by atoms with van der Waals surface area (Å²) in [4.78, 5) is 0. The van der Waals surface area contributed by atoms with Crippen LogP contribution in [0, 0.1) is 0 Å². The molecule has 7 heavy (non-hydrogen) atoms. The highest BCUT2D eigenvalue weighted by molar-refractivity contribution is 7.77. The van der Waals surface area contributed by atoms with Crippen molar-refractivity contribution in [1.29, 1.82) is 0 Å². The Morgan fingerprint density at radius 3 is 2.43 bits per heavy atom. The highest BCUT2D eigenvalue weighted by atomic mass is 32.1. The number of hydrogen-bond acceptors (Lipinski definition) is 4. The molecule has 0 bridgehead atoms. The first-order valence-corrected chi connectivity index (χ1v) is 2.34. The number of nitrogens with zero attached hydrogens (tertiary/aromatic N) is 2. The van der Waals surface area contributed by atoms with Crippen molar-refractivity contribution in [3.05, 3.63) is 12.4 Å². The Morgan fingerprint density at radius 1 is 1.57 bits per heavy atom. The Kier molecular flexibility index (Phi) is 1.12. The van der Waals surface area contributed by atoms with Crippen LogP contribution in [0.5, 0.6) is 0 Å². The molecule has 0 spiro atoms. The zero-order valence-corrected chi connectivity index (χ0v) is 4.68. The monoisotopic (exact) mass is 117 g/mol. The first kappa shape index (κ1) is 4.80. The molecule has 1 heterocycles. The Labute approximate surface area is 47.9 Å². The summed E-state index contributed by atoms with van der Waals surface area (Å²) in [5, 5.41) is 1.55. The van der Waals surface area contributed by atoms with Crippen molar-refractivity contribution < 1.29 is 0 Å². The maximum absolute atomic E-state index is 5.28. The predicted octanol–water partition coefficient (Wildman–Crippen LogP) is -0.249. The molecule has 0 saturated carbocycles. The first-order chi connectivity index (χ1) is 3.29. The second-order valence-corrected chi connectivity index (χ2v) is 1.91. The van der Waals surface area contributed by atoms with Gasteiger partial charge in [-0.25, -0.2) is 5.84 Å². The molecular weight excluding hydrogens is 110 g/mol. The molecule has 0 amide bonds. The van der Waals surface area contributed by atoms with Crippen LogP contribution in [0.2, 0.25) is 0 Å². The standard InChI is InChI=1S/C3H7N3S/c4-5-1-2-6(7)3-5/h1-2,7H,3-4H2.